The number of nitrogens with one attached hydrogen (secondary N) is 1. The summed E-state index contributed by atoms with van der Waals surface area (Å²) in [5.74, 6) is -1.27. The van der Waals surface area contributed by atoms with Gasteiger partial charge in [0, 0.05) is 0 Å². The predicted molar refractivity (Wildman–Crippen MR) is 35.0 cm³/mol. The molecule has 0 radical (unpaired) electrons. The van der Waals surface area contributed by atoms with E-state index in [-0.39, 0.29) is 16.8 Å². The number of aromatic carboxylic acids is 1. The molecule has 10 heavy (non-hydrogen) atoms. The molecule has 0 bridgehead atoms. The third kappa shape index (κ3) is 1.03. The van der Waals surface area contributed by atoms with Crippen LogP contribution in [0.3, 0.4) is 0 Å². The van der Waals surface area contributed by atoms with Crippen molar-refractivity contribution in [3.05, 3.63) is 11.0 Å². The van der Waals surface area contributed by atoms with Crippen LogP contribution < -0.4 is 5.73 Å². The Labute approximate surface area is 60.8 Å². The topological polar surface area (TPSA) is 92.0 Å². The van der Waals surface area contributed by atoms with Gasteiger partial charge in [0.1, 0.15) is 0 Å². The van der Waals surface area contributed by atoms with E-state index in [0.29, 0.717) is 0 Å². The number of halogens is 1. The number of hydrogen-bond acceptors (Lipinski definition) is 3. The van der Waals surface area contributed by atoms with Gasteiger partial charge in [0.15, 0.2) is 11.5 Å². The summed E-state index contributed by atoms with van der Waals surface area (Å²) in [6.07, 6.45) is 0. The van der Waals surface area contributed by atoms with E-state index in [9.17, 15) is 4.79 Å². The first-order chi connectivity index (χ1) is 4.61. The minimum Gasteiger partial charge on any atom is -0.476 e. The van der Waals surface area contributed by atoms with Gasteiger partial charge >= 0.3 is 5.97 Å². The zero-order valence-electron chi connectivity index (χ0n) is 4.76. The van der Waals surface area contributed by atoms with Gasteiger partial charge < -0.3 is 15.8 Å². The molecule has 6 heteroatoms. The van der Waals surface area contributed by atoms with Gasteiger partial charge in [-0.1, -0.05) is 0 Å². The SMILES string of the molecule is Nc1nc(Cl)[nH]c1C(=O)O. The highest BCUT2D eigenvalue weighted by molar-refractivity contribution is 6.28. The molecule has 4 N–H and O–H groups in total. The van der Waals surface area contributed by atoms with Gasteiger partial charge in [0.25, 0.3) is 0 Å². The molecule has 1 rings (SSSR count). The second-order valence-corrected chi connectivity index (χ2v) is 1.95. The highest BCUT2D eigenvalue weighted by Crippen LogP contribution is 2.10. The number of nitrogen functional groups attached to an aromatic ring is 1. The molecule has 0 aromatic carbocycles. The van der Waals surface area contributed by atoms with E-state index in [0.717, 1.165) is 0 Å². The second-order valence-electron chi connectivity index (χ2n) is 1.59. The van der Waals surface area contributed by atoms with Gasteiger partial charge in [-0.2, -0.15) is 0 Å². The van der Waals surface area contributed by atoms with Crippen LogP contribution in [-0.2, 0) is 0 Å². The van der Waals surface area contributed by atoms with Crippen LogP contribution in [0, 0.1) is 0 Å². The Morgan fingerprint density at radius 1 is 1.80 bits per heavy atom. The molecular formula is C4H4ClN3O2. The molecule has 1 heterocycles. The van der Waals surface area contributed by atoms with E-state index in [4.69, 9.17) is 22.4 Å². The van der Waals surface area contributed by atoms with Crippen molar-refractivity contribution in [1.82, 2.24) is 9.97 Å². The number of aromatic nitrogens is 2. The van der Waals surface area contributed by atoms with Gasteiger partial charge in [-0.15, -0.1) is 0 Å². The average Bonchev–Trinajstić information content (AvgIpc) is 2.10. The lowest BCUT2D eigenvalue weighted by Gasteiger charge is -1.85. The van der Waals surface area contributed by atoms with E-state index in [1.807, 2.05) is 0 Å². The van der Waals surface area contributed by atoms with Crippen molar-refractivity contribution in [2.75, 3.05) is 5.73 Å². The molecule has 0 saturated heterocycles. The number of nitrogens with zero attached hydrogens (tertiary/aromatic N) is 1. The van der Waals surface area contributed by atoms with Gasteiger partial charge in [-0.25, -0.2) is 9.78 Å². The number of carbonyl (C=O) groups is 1. The molecule has 0 aliphatic heterocycles. The smallest absolute Gasteiger partial charge is 0.356 e. The minimum absolute atomic E-state index is 0.0186. The summed E-state index contributed by atoms with van der Waals surface area (Å²) < 4.78 is 0. The first-order valence-electron chi connectivity index (χ1n) is 2.35. The molecule has 5 nitrogen and oxygen atoms in total. The summed E-state index contributed by atoms with van der Waals surface area (Å²) in [6.45, 7) is 0. The molecule has 0 saturated carbocycles. The van der Waals surface area contributed by atoms with Crippen LogP contribution in [0.2, 0.25) is 5.28 Å². The summed E-state index contributed by atoms with van der Waals surface area (Å²) in [6, 6.07) is 0. The number of aromatic amines is 1. The number of hydrogen-bond donors (Lipinski definition) is 3. The zero-order valence-corrected chi connectivity index (χ0v) is 5.51. The van der Waals surface area contributed by atoms with Crippen molar-refractivity contribution in [3.63, 3.8) is 0 Å². The highest BCUT2D eigenvalue weighted by Gasteiger charge is 2.11. The molecular weight excluding hydrogens is 158 g/mol. The molecule has 0 fully saturated rings. The zero-order chi connectivity index (χ0) is 7.72. The number of anilines is 1. The second kappa shape index (κ2) is 2.18. The van der Waals surface area contributed by atoms with Crippen LogP contribution in [0.5, 0.6) is 0 Å². The van der Waals surface area contributed by atoms with Crippen molar-refractivity contribution < 1.29 is 9.90 Å². The Balaban J connectivity index is 3.15. The third-order valence-corrected chi connectivity index (χ3v) is 1.10. The molecule has 0 unspecified atom stereocenters. The average molecular weight is 162 g/mol. The number of carboxylic acid groups (broad SMARTS) is 1. The molecule has 0 aliphatic carbocycles. The van der Waals surface area contributed by atoms with E-state index >= 15 is 0 Å². The number of carboxylic acids is 1. The molecule has 0 atom stereocenters. The monoisotopic (exact) mass is 161 g/mol. The Morgan fingerprint density at radius 2 is 2.40 bits per heavy atom. The van der Waals surface area contributed by atoms with E-state index in [2.05, 4.69) is 9.97 Å². The first-order valence-corrected chi connectivity index (χ1v) is 2.73. The van der Waals surface area contributed by atoms with Crippen LogP contribution in [0.15, 0.2) is 0 Å². The van der Waals surface area contributed by atoms with Crippen LogP contribution in [-0.4, -0.2) is 21.0 Å². The number of nitrogens with two attached hydrogens (primary N) is 1. The van der Waals surface area contributed by atoms with E-state index < -0.39 is 5.97 Å². The van der Waals surface area contributed by atoms with Gasteiger partial charge in [-0.3, -0.25) is 0 Å². The molecule has 0 spiro atoms. The van der Waals surface area contributed by atoms with Gasteiger partial charge in [0.05, 0.1) is 0 Å². The summed E-state index contributed by atoms with van der Waals surface area (Å²) in [5, 5.41) is 8.35. The molecule has 0 aliphatic rings. The van der Waals surface area contributed by atoms with E-state index in [1.54, 1.807) is 0 Å². The molecule has 54 valence electrons. The lowest BCUT2D eigenvalue weighted by molar-refractivity contribution is 0.0692. The molecule has 1 aromatic rings. The van der Waals surface area contributed by atoms with Gasteiger partial charge in [-0.05, 0) is 11.6 Å². The minimum atomic E-state index is -1.17. The maximum atomic E-state index is 10.2. The lowest BCUT2D eigenvalue weighted by atomic mass is 10.4. The number of rotatable bonds is 1. The van der Waals surface area contributed by atoms with Gasteiger partial charge in [0.2, 0.25) is 5.28 Å². The fourth-order valence-corrected chi connectivity index (χ4v) is 0.705. The summed E-state index contributed by atoms with van der Waals surface area (Å²) in [5.41, 5.74) is 4.96. The number of imidazole rings is 1. The molecule has 0 amide bonds. The summed E-state index contributed by atoms with van der Waals surface area (Å²) >= 11 is 5.30. The Morgan fingerprint density at radius 3 is 2.60 bits per heavy atom. The van der Waals surface area contributed by atoms with Crippen LogP contribution in [0.1, 0.15) is 10.5 Å². The van der Waals surface area contributed by atoms with Crippen molar-refractivity contribution in [2.45, 2.75) is 0 Å². The summed E-state index contributed by atoms with van der Waals surface area (Å²) in [4.78, 5) is 15.9. The quantitative estimate of drug-likeness (QED) is 0.554. The Hall–Kier alpha value is -1.23. The molecule has 1 aromatic heterocycles. The normalized spacial score (nSPS) is 9.70. The fraction of sp³-hybridized carbons (Fsp3) is 0. The standard InChI is InChI=1S/C4H4ClN3O2/c5-4-7-1(3(9)10)2(6)8-4/h6H2,(H,7,8)(H,9,10). The third-order valence-electron chi connectivity index (χ3n) is 0.917. The first kappa shape index (κ1) is 6.88. The van der Waals surface area contributed by atoms with Crippen molar-refractivity contribution >= 4 is 23.4 Å². The maximum absolute atomic E-state index is 10.2. The summed E-state index contributed by atoms with van der Waals surface area (Å²) in [7, 11) is 0. The largest absolute Gasteiger partial charge is 0.476 e. The van der Waals surface area contributed by atoms with Crippen molar-refractivity contribution in [3.8, 4) is 0 Å². The van der Waals surface area contributed by atoms with Crippen LogP contribution in [0.4, 0.5) is 5.82 Å². The Bertz CT molecular complexity index is 269. The van der Waals surface area contributed by atoms with Crippen molar-refractivity contribution in [1.29, 1.82) is 0 Å². The fourth-order valence-electron chi connectivity index (χ4n) is 0.520. The van der Waals surface area contributed by atoms with Crippen LogP contribution >= 0.6 is 11.6 Å². The number of H-pyrrole nitrogens is 1. The lowest BCUT2D eigenvalue weighted by Crippen LogP contribution is -2.00. The van der Waals surface area contributed by atoms with Crippen LogP contribution in [0.25, 0.3) is 0 Å². The van der Waals surface area contributed by atoms with Crippen molar-refractivity contribution in [2.24, 2.45) is 0 Å². The highest BCUT2D eigenvalue weighted by atomic mass is 35.5. The predicted octanol–water partition coefficient (Wildman–Crippen LogP) is 0.344. The maximum Gasteiger partial charge on any atom is 0.356 e. The Kier molecular flexibility index (Phi) is 1.50. The van der Waals surface area contributed by atoms with E-state index in [1.165, 1.54) is 0 Å².